The molecule has 2 aromatic rings. The van der Waals surface area contributed by atoms with Gasteiger partial charge in [-0.25, -0.2) is 0 Å². The van der Waals surface area contributed by atoms with E-state index in [1.807, 2.05) is 12.1 Å². The first-order valence-corrected chi connectivity index (χ1v) is 14.5. The molecule has 2 aliphatic heterocycles. The van der Waals surface area contributed by atoms with Crippen LogP contribution < -0.4 is 4.74 Å². The summed E-state index contributed by atoms with van der Waals surface area (Å²) in [5.74, 6) is 1.43. The van der Waals surface area contributed by atoms with E-state index in [2.05, 4.69) is 21.5 Å². The van der Waals surface area contributed by atoms with Gasteiger partial charge >= 0.3 is 6.36 Å². The predicted molar refractivity (Wildman–Crippen MR) is 151 cm³/mol. The van der Waals surface area contributed by atoms with E-state index in [0.29, 0.717) is 12.5 Å². The zero-order chi connectivity index (χ0) is 28.5. The molecule has 1 aromatic carbocycles. The van der Waals surface area contributed by atoms with Gasteiger partial charge in [0.15, 0.2) is 0 Å². The van der Waals surface area contributed by atoms with E-state index < -0.39 is 6.36 Å². The number of alkyl halides is 3. The van der Waals surface area contributed by atoms with Gasteiger partial charge in [0.05, 0.1) is 17.8 Å². The standard InChI is InChI=1S/C24H33N3O.C8H7F3O/c1-2-3-4-5-6-18-11-15-27(16-12-18)24(28)22-21(19-7-8-19)17-26-23(22)20-9-13-25-14-10-20;1-6-3-2-4-7(5-6)12-8(9,10)11/h9-10,13-14,18-19H,2-8,11-12,15-17H2,1H3;2-5H,1H3. The van der Waals surface area contributed by atoms with Crippen molar-refractivity contribution in [3.8, 4) is 5.75 Å². The summed E-state index contributed by atoms with van der Waals surface area (Å²) >= 11 is 0. The number of hydrogen-bond donors (Lipinski definition) is 0. The van der Waals surface area contributed by atoms with Crippen molar-refractivity contribution in [2.24, 2.45) is 16.8 Å². The Morgan fingerprint density at radius 2 is 1.75 bits per heavy atom. The summed E-state index contributed by atoms with van der Waals surface area (Å²) in [5, 5.41) is 0. The highest BCUT2D eigenvalue weighted by Gasteiger charge is 2.38. The number of piperidine rings is 1. The molecule has 216 valence electrons. The molecule has 1 amide bonds. The van der Waals surface area contributed by atoms with Crippen LogP contribution >= 0.6 is 0 Å². The molecular weight excluding hydrogens is 515 g/mol. The van der Waals surface area contributed by atoms with Crippen molar-refractivity contribution in [1.82, 2.24) is 9.88 Å². The summed E-state index contributed by atoms with van der Waals surface area (Å²) in [5.41, 5.74) is 4.86. The van der Waals surface area contributed by atoms with Crippen molar-refractivity contribution in [2.75, 3.05) is 19.6 Å². The number of unbranched alkanes of at least 4 members (excludes halogenated alkanes) is 3. The number of rotatable bonds is 9. The largest absolute Gasteiger partial charge is 0.573 e. The highest BCUT2D eigenvalue weighted by atomic mass is 19.4. The Balaban J connectivity index is 0.000000259. The maximum atomic E-state index is 13.5. The minimum absolute atomic E-state index is 0.178. The van der Waals surface area contributed by atoms with Crippen LogP contribution in [0.1, 0.15) is 75.8 Å². The number of pyridine rings is 1. The third-order valence-electron chi connectivity index (χ3n) is 7.79. The molecule has 3 aliphatic rings. The number of likely N-dealkylation sites (tertiary alicyclic amines) is 1. The molecule has 1 saturated heterocycles. The van der Waals surface area contributed by atoms with Crippen molar-refractivity contribution in [1.29, 1.82) is 0 Å². The fourth-order valence-electron chi connectivity index (χ4n) is 5.48. The molecule has 2 fully saturated rings. The van der Waals surface area contributed by atoms with E-state index >= 15 is 0 Å². The summed E-state index contributed by atoms with van der Waals surface area (Å²) < 4.78 is 38.6. The Bertz CT molecular complexity index is 1180. The third-order valence-corrected chi connectivity index (χ3v) is 7.79. The van der Waals surface area contributed by atoms with Crippen LogP contribution in [0.3, 0.4) is 0 Å². The fourth-order valence-corrected chi connectivity index (χ4v) is 5.48. The molecule has 0 radical (unpaired) electrons. The number of amides is 1. The van der Waals surface area contributed by atoms with Gasteiger partial charge < -0.3 is 9.64 Å². The summed E-state index contributed by atoms with van der Waals surface area (Å²) in [4.78, 5) is 24.5. The number of halogens is 3. The molecule has 0 atom stereocenters. The van der Waals surface area contributed by atoms with Crippen LogP contribution in [0.2, 0.25) is 0 Å². The van der Waals surface area contributed by atoms with Crippen LogP contribution in [0.25, 0.3) is 0 Å². The minimum Gasteiger partial charge on any atom is -0.406 e. The smallest absolute Gasteiger partial charge is 0.406 e. The highest BCUT2D eigenvalue weighted by Crippen LogP contribution is 2.41. The van der Waals surface area contributed by atoms with Crippen LogP contribution in [0.15, 0.2) is 64.9 Å². The molecule has 40 heavy (non-hydrogen) atoms. The molecule has 5 rings (SSSR count). The van der Waals surface area contributed by atoms with Gasteiger partial charge in [-0.15, -0.1) is 13.2 Å². The quantitative estimate of drug-likeness (QED) is 0.298. The van der Waals surface area contributed by atoms with Crippen LogP contribution in [0.5, 0.6) is 5.75 Å². The average Bonchev–Trinajstić information content (AvgIpc) is 3.69. The molecule has 1 aliphatic carbocycles. The first kappa shape index (κ1) is 29.8. The molecule has 1 saturated carbocycles. The lowest BCUT2D eigenvalue weighted by molar-refractivity contribution is -0.274. The Morgan fingerprint density at radius 1 is 1.02 bits per heavy atom. The molecule has 0 N–H and O–H groups in total. The van der Waals surface area contributed by atoms with E-state index in [1.165, 1.54) is 68.7 Å². The lowest BCUT2D eigenvalue weighted by Crippen LogP contribution is -2.40. The second-order valence-corrected chi connectivity index (χ2v) is 11.0. The lowest BCUT2D eigenvalue weighted by atomic mass is 9.90. The fraction of sp³-hybridized carbons (Fsp3) is 0.531. The van der Waals surface area contributed by atoms with Crippen LogP contribution in [0.4, 0.5) is 13.2 Å². The van der Waals surface area contributed by atoms with Crippen LogP contribution in [0, 0.1) is 18.8 Å². The first-order valence-electron chi connectivity index (χ1n) is 14.5. The van der Waals surface area contributed by atoms with Gasteiger partial charge in [-0.3, -0.25) is 14.8 Å². The number of nitrogens with zero attached hydrogens (tertiary/aromatic N) is 3. The van der Waals surface area contributed by atoms with Gasteiger partial charge in [0, 0.05) is 31.0 Å². The van der Waals surface area contributed by atoms with Gasteiger partial charge in [-0.2, -0.15) is 0 Å². The zero-order valence-corrected chi connectivity index (χ0v) is 23.6. The monoisotopic (exact) mass is 555 g/mol. The van der Waals surface area contributed by atoms with Crippen molar-refractivity contribution < 1.29 is 22.7 Å². The van der Waals surface area contributed by atoms with Gasteiger partial charge in [0.2, 0.25) is 0 Å². The van der Waals surface area contributed by atoms with E-state index in [-0.39, 0.29) is 11.7 Å². The summed E-state index contributed by atoms with van der Waals surface area (Å²) in [6.45, 7) is 6.48. The van der Waals surface area contributed by atoms with E-state index in [4.69, 9.17) is 4.99 Å². The second-order valence-electron chi connectivity index (χ2n) is 11.0. The number of benzene rings is 1. The molecule has 1 aromatic heterocycles. The minimum atomic E-state index is -4.60. The van der Waals surface area contributed by atoms with Crippen molar-refractivity contribution in [2.45, 2.75) is 78.0 Å². The molecule has 8 heteroatoms. The Kier molecular flexibility index (Phi) is 10.4. The SMILES string of the molecule is CCCCCCC1CCN(C(=O)C2=C(C3CC3)CN=C2c2ccncc2)CC1.Cc1cccc(OC(F)(F)F)c1. The maximum absolute atomic E-state index is 13.5. The summed E-state index contributed by atoms with van der Waals surface area (Å²) in [6.07, 6.45) is 10.4. The summed E-state index contributed by atoms with van der Waals surface area (Å²) in [6, 6.07) is 9.75. The molecular formula is C32H40F3N3O2. The Hall–Kier alpha value is -3.16. The third kappa shape index (κ3) is 8.67. The van der Waals surface area contributed by atoms with Gasteiger partial charge in [-0.1, -0.05) is 51.2 Å². The van der Waals surface area contributed by atoms with E-state index in [9.17, 15) is 18.0 Å². The predicted octanol–water partition coefficient (Wildman–Crippen LogP) is 7.69. The second kappa shape index (κ2) is 14.0. The molecule has 0 unspecified atom stereocenters. The molecule has 3 heterocycles. The first-order chi connectivity index (χ1) is 19.2. The molecule has 0 spiro atoms. The summed E-state index contributed by atoms with van der Waals surface area (Å²) in [7, 11) is 0. The lowest BCUT2D eigenvalue weighted by Gasteiger charge is -2.33. The topological polar surface area (TPSA) is 54.8 Å². The number of hydrogen-bond acceptors (Lipinski definition) is 4. The number of aliphatic imine (C=N–C) groups is 1. The normalized spacial score (nSPS) is 17.8. The molecule has 5 nitrogen and oxygen atoms in total. The van der Waals surface area contributed by atoms with Crippen molar-refractivity contribution in [3.05, 3.63) is 71.1 Å². The van der Waals surface area contributed by atoms with Crippen molar-refractivity contribution >= 4 is 11.6 Å². The van der Waals surface area contributed by atoms with Gasteiger partial charge in [0.1, 0.15) is 5.75 Å². The number of carbonyl (C=O) groups is 1. The zero-order valence-electron chi connectivity index (χ0n) is 23.6. The van der Waals surface area contributed by atoms with E-state index in [1.54, 1.807) is 25.4 Å². The van der Waals surface area contributed by atoms with Crippen LogP contribution in [-0.2, 0) is 4.79 Å². The van der Waals surface area contributed by atoms with Crippen molar-refractivity contribution in [3.63, 3.8) is 0 Å². The Labute approximate surface area is 235 Å². The van der Waals surface area contributed by atoms with E-state index in [0.717, 1.165) is 54.3 Å². The number of aromatic nitrogens is 1. The van der Waals surface area contributed by atoms with Gasteiger partial charge in [-0.05, 0) is 79.8 Å². The maximum Gasteiger partial charge on any atom is 0.573 e. The molecule has 0 bridgehead atoms. The van der Waals surface area contributed by atoms with Crippen LogP contribution in [-0.4, -0.2) is 47.5 Å². The average molecular weight is 556 g/mol. The van der Waals surface area contributed by atoms with Gasteiger partial charge in [0.25, 0.3) is 5.91 Å². The number of aryl methyl sites for hydroxylation is 1. The number of ether oxygens (including phenoxy) is 1. The highest BCUT2D eigenvalue weighted by molar-refractivity contribution is 6.29. The Morgan fingerprint density at radius 3 is 2.38 bits per heavy atom. The number of carbonyl (C=O) groups excluding carboxylic acids is 1.